The van der Waals surface area contributed by atoms with E-state index in [9.17, 15) is 14.4 Å². The van der Waals surface area contributed by atoms with E-state index in [1.54, 1.807) is 47.4 Å². The minimum Gasteiger partial charge on any atom is -0.482 e. The summed E-state index contributed by atoms with van der Waals surface area (Å²) in [5.74, 6) is -0.276. The summed E-state index contributed by atoms with van der Waals surface area (Å²) >= 11 is 0. The lowest BCUT2D eigenvalue weighted by atomic mass is 10.1. The number of fused-ring (bicyclic) bond motifs is 1. The van der Waals surface area contributed by atoms with E-state index in [1.807, 2.05) is 13.8 Å². The largest absolute Gasteiger partial charge is 0.482 e. The third kappa shape index (κ3) is 4.14. The van der Waals surface area contributed by atoms with E-state index in [4.69, 9.17) is 9.47 Å². The van der Waals surface area contributed by atoms with Gasteiger partial charge in [-0.3, -0.25) is 9.59 Å². The molecule has 0 saturated heterocycles. The molecule has 2 amide bonds. The van der Waals surface area contributed by atoms with Crippen LogP contribution in [-0.2, 0) is 16.1 Å². The summed E-state index contributed by atoms with van der Waals surface area (Å²) in [6.45, 7) is 4.21. The van der Waals surface area contributed by atoms with Gasteiger partial charge in [-0.05, 0) is 49.7 Å². The van der Waals surface area contributed by atoms with Crippen LogP contribution in [0.15, 0.2) is 42.5 Å². The fourth-order valence-corrected chi connectivity index (χ4v) is 2.92. The van der Waals surface area contributed by atoms with Crippen molar-refractivity contribution in [2.24, 2.45) is 0 Å². The van der Waals surface area contributed by atoms with E-state index in [0.717, 1.165) is 5.56 Å². The molecule has 0 aliphatic carbocycles. The lowest BCUT2D eigenvalue weighted by molar-refractivity contribution is -0.118. The van der Waals surface area contributed by atoms with Gasteiger partial charge < -0.3 is 19.7 Å². The lowest BCUT2D eigenvalue weighted by Gasteiger charge is -2.28. The minimum atomic E-state index is -0.399. The second-order valence-corrected chi connectivity index (χ2v) is 6.76. The van der Waals surface area contributed by atoms with Gasteiger partial charge in [-0.1, -0.05) is 12.1 Å². The van der Waals surface area contributed by atoms with Gasteiger partial charge in [-0.15, -0.1) is 0 Å². The smallest absolute Gasteiger partial charge is 0.337 e. The van der Waals surface area contributed by atoms with E-state index >= 15 is 0 Å². The van der Waals surface area contributed by atoms with Gasteiger partial charge in [-0.2, -0.15) is 0 Å². The Hall–Kier alpha value is -3.35. The molecule has 0 saturated carbocycles. The number of anilines is 1. The number of hydrogen-bond acceptors (Lipinski definition) is 5. The molecule has 1 aliphatic rings. The number of carbonyl (C=O) groups excluding carboxylic acids is 3. The molecule has 1 aliphatic heterocycles. The molecule has 0 radical (unpaired) electrons. The number of amides is 2. The molecule has 3 rings (SSSR count). The number of ether oxygens (including phenoxy) is 2. The minimum absolute atomic E-state index is 0.0376. The predicted molar refractivity (Wildman–Crippen MR) is 103 cm³/mol. The zero-order valence-electron chi connectivity index (χ0n) is 16.0. The van der Waals surface area contributed by atoms with E-state index in [1.165, 1.54) is 7.11 Å². The van der Waals surface area contributed by atoms with Crippen LogP contribution in [0.3, 0.4) is 0 Å². The summed E-state index contributed by atoms with van der Waals surface area (Å²) in [6.07, 6.45) is 0. The molecule has 146 valence electrons. The number of methoxy groups -OCH3 is 1. The highest BCUT2D eigenvalue weighted by atomic mass is 16.5. The maximum Gasteiger partial charge on any atom is 0.337 e. The summed E-state index contributed by atoms with van der Waals surface area (Å²) in [5.41, 5.74) is 2.40. The zero-order chi connectivity index (χ0) is 20.3. The molecule has 7 nitrogen and oxygen atoms in total. The van der Waals surface area contributed by atoms with Crippen molar-refractivity contribution in [3.05, 3.63) is 59.2 Å². The number of hydrogen-bond donors (Lipinski definition) is 1. The second kappa shape index (κ2) is 8.12. The molecule has 0 bridgehead atoms. The Kier molecular flexibility index (Phi) is 5.63. The van der Waals surface area contributed by atoms with Gasteiger partial charge in [0.05, 0.1) is 18.4 Å². The third-order valence-corrected chi connectivity index (χ3v) is 4.47. The summed E-state index contributed by atoms with van der Waals surface area (Å²) in [5, 5.41) is 2.71. The van der Waals surface area contributed by atoms with Crippen LogP contribution in [0.1, 0.15) is 40.1 Å². The monoisotopic (exact) mass is 382 g/mol. The average molecular weight is 382 g/mol. The molecule has 0 spiro atoms. The maximum atomic E-state index is 13.1. The second-order valence-electron chi connectivity index (χ2n) is 6.76. The highest BCUT2D eigenvalue weighted by molar-refractivity contribution is 5.99. The highest BCUT2D eigenvalue weighted by Gasteiger charge is 2.23. The average Bonchev–Trinajstić information content (AvgIpc) is 2.70. The maximum absolute atomic E-state index is 13.1. The summed E-state index contributed by atoms with van der Waals surface area (Å²) < 4.78 is 10.1. The van der Waals surface area contributed by atoms with Crippen LogP contribution in [-0.4, -0.2) is 42.4 Å². The number of carbonyl (C=O) groups is 3. The number of rotatable bonds is 5. The van der Waals surface area contributed by atoms with E-state index in [0.29, 0.717) is 29.1 Å². The van der Waals surface area contributed by atoms with Gasteiger partial charge in [0, 0.05) is 18.2 Å². The van der Waals surface area contributed by atoms with Gasteiger partial charge >= 0.3 is 5.97 Å². The van der Waals surface area contributed by atoms with Crippen molar-refractivity contribution in [2.75, 3.05) is 19.0 Å². The van der Waals surface area contributed by atoms with Crippen LogP contribution in [0.2, 0.25) is 0 Å². The van der Waals surface area contributed by atoms with E-state index in [2.05, 4.69) is 5.32 Å². The fourth-order valence-electron chi connectivity index (χ4n) is 2.92. The van der Waals surface area contributed by atoms with Crippen LogP contribution < -0.4 is 10.1 Å². The van der Waals surface area contributed by atoms with Crippen molar-refractivity contribution in [3.63, 3.8) is 0 Å². The topological polar surface area (TPSA) is 84.9 Å². The lowest BCUT2D eigenvalue weighted by Crippen LogP contribution is -2.36. The fraction of sp³-hybridized carbons (Fsp3) is 0.286. The predicted octanol–water partition coefficient (Wildman–Crippen LogP) is 2.85. The Bertz CT molecular complexity index is 906. The number of esters is 1. The summed E-state index contributed by atoms with van der Waals surface area (Å²) in [7, 11) is 1.34. The first-order valence-electron chi connectivity index (χ1n) is 8.94. The Morgan fingerprint density at radius 1 is 1.14 bits per heavy atom. The number of benzene rings is 2. The highest BCUT2D eigenvalue weighted by Crippen LogP contribution is 2.29. The molecule has 2 aromatic carbocycles. The summed E-state index contributed by atoms with van der Waals surface area (Å²) in [4.78, 5) is 37.8. The molecule has 1 N–H and O–H groups in total. The van der Waals surface area contributed by atoms with Crippen LogP contribution >= 0.6 is 0 Å². The molecule has 0 aromatic heterocycles. The first kappa shape index (κ1) is 19.4. The zero-order valence-corrected chi connectivity index (χ0v) is 16.0. The van der Waals surface area contributed by atoms with Gasteiger partial charge in [0.2, 0.25) is 0 Å². The Morgan fingerprint density at radius 2 is 1.82 bits per heavy atom. The van der Waals surface area contributed by atoms with Crippen molar-refractivity contribution in [3.8, 4) is 5.75 Å². The molecule has 7 heteroatoms. The van der Waals surface area contributed by atoms with Crippen molar-refractivity contribution < 1.29 is 23.9 Å². The quantitative estimate of drug-likeness (QED) is 0.804. The van der Waals surface area contributed by atoms with E-state index < -0.39 is 5.97 Å². The van der Waals surface area contributed by atoms with Gasteiger partial charge in [0.15, 0.2) is 6.61 Å². The first-order chi connectivity index (χ1) is 13.4. The number of nitrogens with one attached hydrogen (secondary N) is 1. The third-order valence-electron chi connectivity index (χ3n) is 4.47. The molecule has 0 fully saturated rings. The van der Waals surface area contributed by atoms with Crippen LogP contribution in [0.4, 0.5) is 5.69 Å². The van der Waals surface area contributed by atoms with Gasteiger partial charge in [0.1, 0.15) is 5.75 Å². The molecule has 0 unspecified atom stereocenters. The normalized spacial score (nSPS) is 12.6. The molecule has 1 heterocycles. The van der Waals surface area contributed by atoms with Crippen LogP contribution in [0.25, 0.3) is 0 Å². The molecule has 0 atom stereocenters. The van der Waals surface area contributed by atoms with Crippen molar-refractivity contribution in [1.82, 2.24) is 4.90 Å². The molecule has 28 heavy (non-hydrogen) atoms. The van der Waals surface area contributed by atoms with Crippen molar-refractivity contribution in [1.29, 1.82) is 0 Å². The SMILES string of the molecule is COC(=O)c1ccc(CN(C(=O)c2ccc3c(c2)OCC(=O)N3)C(C)C)cc1. The van der Waals surface area contributed by atoms with Crippen molar-refractivity contribution in [2.45, 2.75) is 26.4 Å². The molecular formula is C21H22N2O5. The van der Waals surface area contributed by atoms with Gasteiger partial charge in [0.25, 0.3) is 11.8 Å². The van der Waals surface area contributed by atoms with Crippen LogP contribution in [0.5, 0.6) is 5.75 Å². The number of nitrogens with zero attached hydrogens (tertiary/aromatic N) is 1. The Morgan fingerprint density at radius 3 is 2.46 bits per heavy atom. The van der Waals surface area contributed by atoms with Gasteiger partial charge in [-0.25, -0.2) is 4.79 Å². The summed E-state index contributed by atoms with van der Waals surface area (Å²) in [6, 6.07) is 11.9. The first-order valence-corrected chi connectivity index (χ1v) is 8.94. The van der Waals surface area contributed by atoms with E-state index in [-0.39, 0.29) is 24.5 Å². The Labute approximate surface area is 163 Å². The standard InChI is InChI=1S/C21H22N2O5/c1-13(2)23(11-14-4-6-15(7-5-14)21(26)27-3)20(25)16-8-9-17-18(10-16)28-12-19(24)22-17/h4-10,13H,11-12H2,1-3H3,(H,22,24). The van der Waals surface area contributed by atoms with Crippen LogP contribution in [0, 0.1) is 0 Å². The van der Waals surface area contributed by atoms with Crippen molar-refractivity contribution >= 4 is 23.5 Å². The Balaban J connectivity index is 1.79. The molecular weight excluding hydrogens is 360 g/mol. The molecule has 2 aromatic rings.